The number of benzene rings is 3. The van der Waals surface area contributed by atoms with E-state index in [1.54, 1.807) is 21.7 Å². The molecule has 0 unspecified atom stereocenters. The number of nitrogens with zero attached hydrogens (tertiary/aromatic N) is 3. The number of rotatable bonds is 11. The first-order chi connectivity index (χ1) is 17.9. The third-order valence-electron chi connectivity index (χ3n) is 6.22. The Morgan fingerprint density at radius 2 is 1.57 bits per heavy atom. The highest BCUT2D eigenvalue weighted by atomic mass is 32.2. The molecule has 190 valence electrons. The van der Waals surface area contributed by atoms with Crippen LogP contribution >= 0.6 is 0 Å². The maximum absolute atomic E-state index is 13.6. The number of aryl methyl sites for hydroxylation is 1. The molecule has 0 saturated carbocycles. The van der Waals surface area contributed by atoms with Gasteiger partial charge in [0.05, 0.1) is 37.2 Å². The third kappa shape index (κ3) is 6.62. The Morgan fingerprint density at radius 1 is 0.946 bits per heavy atom. The first-order valence-corrected chi connectivity index (χ1v) is 13.8. The van der Waals surface area contributed by atoms with Crippen LogP contribution in [0.1, 0.15) is 27.9 Å². The molecular formula is C30H31N3O3S. The molecule has 0 bridgehead atoms. The summed E-state index contributed by atoms with van der Waals surface area (Å²) in [5, 5.41) is 0.00340. The van der Waals surface area contributed by atoms with E-state index in [0.29, 0.717) is 18.8 Å². The molecule has 3 aromatic carbocycles. The van der Waals surface area contributed by atoms with Gasteiger partial charge in [0.1, 0.15) is 0 Å². The summed E-state index contributed by atoms with van der Waals surface area (Å²) >= 11 is 0. The van der Waals surface area contributed by atoms with Crippen molar-refractivity contribution in [3.8, 4) is 0 Å². The number of carbonyl (C=O) groups excluding carboxylic acids is 1. The molecule has 1 aromatic heterocycles. The molecule has 4 aromatic rings. The van der Waals surface area contributed by atoms with Crippen molar-refractivity contribution in [2.45, 2.75) is 37.3 Å². The summed E-state index contributed by atoms with van der Waals surface area (Å²) < 4.78 is 28.9. The minimum absolute atomic E-state index is 0.00340. The van der Waals surface area contributed by atoms with Crippen LogP contribution in [0.15, 0.2) is 109 Å². The quantitative estimate of drug-likeness (QED) is 0.266. The van der Waals surface area contributed by atoms with Gasteiger partial charge >= 0.3 is 0 Å². The summed E-state index contributed by atoms with van der Waals surface area (Å²) in [5.74, 6) is -0.211. The molecule has 0 spiro atoms. The van der Waals surface area contributed by atoms with E-state index in [1.807, 2.05) is 91.9 Å². The van der Waals surface area contributed by atoms with Crippen LogP contribution in [0.5, 0.6) is 0 Å². The Balaban J connectivity index is 1.68. The number of aromatic nitrogens is 2. The Morgan fingerprint density at radius 3 is 2.22 bits per heavy atom. The van der Waals surface area contributed by atoms with E-state index >= 15 is 0 Å². The molecule has 37 heavy (non-hydrogen) atoms. The van der Waals surface area contributed by atoms with Gasteiger partial charge in [0.15, 0.2) is 0 Å². The maximum Gasteiger partial charge on any atom is 0.228 e. The predicted octanol–water partition coefficient (Wildman–Crippen LogP) is 4.97. The number of imidazole rings is 1. The monoisotopic (exact) mass is 513 g/mol. The third-order valence-corrected chi connectivity index (χ3v) is 7.80. The fourth-order valence-electron chi connectivity index (χ4n) is 4.23. The van der Waals surface area contributed by atoms with Gasteiger partial charge in [0, 0.05) is 6.54 Å². The Bertz CT molecular complexity index is 1460. The van der Waals surface area contributed by atoms with Crippen LogP contribution in [0.3, 0.4) is 0 Å². The van der Waals surface area contributed by atoms with Gasteiger partial charge in [-0.1, -0.05) is 91.0 Å². The number of carbonyl (C=O) groups is 1. The van der Waals surface area contributed by atoms with Crippen molar-refractivity contribution in [3.05, 3.63) is 132 Å². The van der Waals surface area contributed by atoms with Crippen molar-refractivity contribution < 1.29 is 13.2 Å². The summed E-state index contributed by atoms with van der Waals surface area (Å²) in [5.41, 5.74) is 4.16. The summed E-state index contributed by atoms with van der Waals surface area (Å²) in [6.07, 6.45) is 3.50. The highest BCUT2D eigenvalue weighted by molar-refractivity contribution is 7.90. The van der Waals surface area contributed by atoms with Crippen LogP contribution in [-0.2, 0) is 39.9 Å². The zero-order valence-corrected chi connectivity index (χ0v) is 21.8. The average Bonchev–Trinajstić information content (AvgIpc) is 3.29. The highest BCUT2D eigenvalue weighted by Crippen LogP contribution is 2.22. The molecule has 0 aliphatic rings. The lowest BCUT2D eigenvalue weighted by Gasteiger charge is -2.22. The molecule has 1 heterocycles. The first-order valence-electron chi connectivity index (χ1n) is 12.2. The van der Waals surface area contributed by atoms with Crippen molar-refractivity contribution in [2.75, 3.05) is 6.54 Å². The molecule has 0 saturated heterocycles. The summed E-state index contributed by atoms with van der Waals surface area (Å²) in [7, 11) is -3.75. The van der Waals surface area contributed by atoms with Crippen LogP contribution in [-0.4, -0.2) is 35.3 Å². The predicted molar refractivity (Wildman–Crippen MR) is 146 cm³/mol. The second-order valence-corrected chi connectivity index (χ2v) is 10.9. The van der Waals surface area contributed by atoms with Crippen LogP contribution < -0.4 is 0 Å². The second kappa shape index (κ2) is 11.8. The molecule has 0 aliphatic carbocycles. The molecule has 0 aliphatic heterocycles. The van der Waals surface area contributed by atoms with Gasteiger partial charge in [0.25, 0.3) is 0 Å². The van der Waals surface area contributed by atoms with Gasteiger partial charge in [-0.3, -0.25) is 4.79 Å². The van der Waals surface area contributed by atoms with E-state index in [4.69, 9.17) is 0 Å². The SMILES string of the molecule is C=CCN(Cc1cnc(S(=O)(=O)Cc2ccccc2C)n1Cc1ccccc1)C(=O)Cc1ccccc1. The van der Waals surface area contributed by atoms with Crippen molar-refractivity contribution in [2.24, 2.45) is 0 Å². The van der Waals surface area contributed by atoms with Crippen LogP contribution in [0.4, 0.5) is 0 Å². The maximum atomic E-state index is 13.6. The summed E-state index contributed by atoms with van der Waals surface area (Å²) in [6, 6.07) is 26.7. The fraction of sp³-hybridized carbons (Fsp3) is 0.200. The minimum Gasteiger partial charge on any atom is -0.333 e. The zero-order valence-electron chi connectivity index (χ0n) is 21.0. The number of amides is 1. The number of hydrogen-bond donors (Lipinski definition) is 0. The van der Waals surface area contributed by atoms with E-state index in [9.17, 15) is 13.2 Å². The van der Waals surface area contributed by atoms with E-state index in [-0.39, 0.29) is 29.8 Å². The van der Waals surface area contributed by atoms with Gasteiger partial charge in [-0.05, 0) is 29.2 Å². The van der Waals surface area contributed by atoms with Crippen LogP contribution in [0, 0.1) is 6.92 Å². The van der Waals surface area contributed by atoms with E-state index < -0.39 is 9.84 Å². The molecule has 6 nitrogen and oxygen atoms in total. The topological polar surface area (TPSA) is 72.3 Å². The second-order valence-electron chi connectivity index (χ2n) is 9.01. The van der Waals surface area contributed by atoms with Crippen LogP contribution in [0.25, 0.3) is 0 Å². The standard InChI is InChI=1S/C30H31N3O3S/c1-3-18-32(29(34)19-25-13-6-4-7-14-25)22-28-20-31-30(33(28)21-26-15-8-5-9-16-26)37(35,36)23-27-17-11-10-12-24(27)2/h3-17,20H,1,18-19,21-23H2,2H3. The summed E-state index contributed by atoms with van der Waals surface area (Å²) in [4.78, 5) is 19.2. The number of hydrogen-bond acceptors (Lipinski definition) is 4. The van der Waals surface area contributed by atoms with Crippen molar-refractivity contribution in [1.29, 1.82) is 0 Å². The van der Waals surface area contributed by atoms with Gasteiger partial charge in [-0.2, -0.15) is 0 Å². The molecule has 1 amide bonds. The summed E-state index contributed by atoms with van der Waals surface area (Å²) in [6.45, 7) is 6.60. The first kappa shape index (κ1) is 26.1. The van der Waals surface area contributed by atoms with Gasteiger partial charge in [0.2, 0.25) is 20.9 Å². The molecular weight excluding hydrogens is 482 g/mol. The molecule has 4 rings (SSSR count). The minimum atomic E-state index is -3.75. The number of sulfone groups is 1. The molecule has 7 heteroatoms. The van der Waals surface area contributed by atoms with E-state index in [0.717, 1.165) is 22.3 Å². The van der Waals surface area contributed by atoms with Crippen molar-refractivity contribution >= 4 is 15.7 Å². The largest absolute Gasteiger partial charge is 0.333 e. The highest BCUT2D eigenvalue weighted by Gasteiger charge is 2.26. The lowest BCUT2D eigenvalue weighted by molar-refractivity contribution is -0.130. The molecule has 0 fully saturated rings. The lowest BCUT2D eigenvalue weighted by atomic mass is 10.1. The van der Waals surface area contributed by atoms with E-state index in [1.165, 1.54) is 0 Å². The normalized spacial score (nSPS) is 11.3. The fourth-order valence-corrected chi connectivity index (χ4v) is 5.82. The van der Waals surface area contributed by atoms with Crippen molar-refractivity contribution in [3.63, 3.8) is 0 Å². The van der Waals surface area contributed by atoms with Gasteiger partial charge in [-0.25, -0.2) is 13.4 Å². The average molecular weight is 514 g/mol. The zero-order chi connectivity index (χ0) is 26.3. The van der Waals surface area contributed by atoms with E-state index in [2.05, 4.69) is 11.6 Å². The Kier molecular flexibility index (Phi) is 8.36. The molecule has 0 atom stereocenters. The van der Waals surface area contributed by atoms with Crippen LogP contribution in [0.2, 0.25) is 0 Å². The molecule has 0 N–H and O–H groups in total. The van der Waals surface area contributed by atoms with Gasteiger partial charge < -0.3 is 9.47 Å². The Hall–Kier alpha value is -3.97. The molecule has 0 radical (unpaired) electrons. The lowest BCUT2D eigenvalue weighted by Crippen LogP contribution is -2.33. The smallest absolute Gasteiger partial charge is 0.228 e. The van der Waals surface area contributed by atoms with Gasteiger partial charge in [-0.15, -0.1) is 6.58 Å². The van der Waals surface area contributed by atoms with Crippen molar-refractivity contribution in [1.82, 2.24) is 14.5 Å². The Labute approximate surface area is 218 Å².